The number of rotatable bonds is 5. The Balaban J connectivity index is 1.92. The van der Waals surface area contributed by atoms with Crippen molar-refractivity contribution < 1.29 is 14.4 Å². The van der Waals surface area contributed by atoms with Gasteiger partial charge in [-0.05, 0) is 25.8 Å². The molecule has 1 N–H and O–H groups in total. The van der Waals surface area contributed by atoms with E-state index >= 15 is 0 Å². The molecule has 0 saturated carbocycles. The molecular formula is C18H21N3O3. The summed E-state index contributed by atoms with van der Waals surface area (Å²) in [4.78, 5) is 38.5. The molecule has 0 spiro atoms. The van der Waals surface area contributed by atoms with Crippen molar-refractivity contribution in [2.24, 2.45) is 0 Å². The first-order valence-corrected chi connectivity index (χ1v) is 8.30. The lowest BCUT2D eigenvalue weighted by atomic mass is 10.1. The first-order chi connectivity index (χ1) is 11.6. The lowest BCUT2D eigenvalue weighted by molar-refractivity contribution is -0.130. The number of likely N-dealkylation sites (tertiary alicyclic amines) is 1. The van der Waals surface area contributed by atoms with Crippen molar-refractivity contribution in [2.75, 3.05) is 19.6 Å². The van der Waals surface area contributed by atoms with Gasteiger partial charge in [0.05, 0.1) is 5.56 Å². The van der Waals surface area contributed by atoms with Crippen LogP contribution < -0.4 is 5.32 Å². The van der Waals surface area contributed by atoms with Gasteiger partial charge in [0.25, 0.3) is 11.7 Å². The maximum absolute atomic E-state index is 12.4. The van der Waals surface area contributed by atoms with Gasteiger partial charge in [0.1, 0.15) is 6.54 Å². The average molecular weight is 327 g/mol. The number of amides is 2. The van der Waals surface area contributed by atoms with E-state index in [1.54, 1.807) is 23.8 Å². The van der Waals surface area contributed by atoms with Crippen molar-refractivity contribution in [1.29, 1.82) is 0 Å². The number of aromatic nitrogens is 1. The van der Waals surface area contributed by atoms with Gasteiger partial charge in [0.15, 0.2) is 0 Å². The van der Waals surface area contributed by atoms with Gasteiger partial charge in [0, 0.05) is 36.7 Å². The van der Waals surface area contributed by atoms with Gasteiger partial charge in [-0.25, -0.2) is 0 Å². The molecule has 0 atom stereocenters. The van der Waals surface area contributed by atoms with Crippen molar-refractivity contribution in [1.82, 2.24) is 14.8 Å². The molecule has 2 amide bonds. The fourth-order valence-corrected chi connectivity index (χ4v) is 3.13. The summed E-state index contributed by atoms with van der Waals surface area (Å²) in [7, 11) is 0. The van der Waals surface area contributed by atoms with Crippen LogP contribution in [0.15, 0.2) is 30.5 Å². The van der Waals surface area contributed by atoms with Crippen molar-refractivity contribution >= 4 is 28.5 Å². The molecule has 1 fully saturated rings. The number of likely N-dealkylation sites (N-methyl/N-ethyl adjacent to an activating group) is 1. The van der Waals surface area contributed by atoms with E-state index in [0.29, 0.717) is 17.5 Å². The molecule has 0 unspecified atom stereocenters. The highest BCUT2D eigenvalue weighted by Crippen LogP contribution is 2.22. The Bertz CT molecular complexity index is 788. The van der Waals surface area contributed by atoms with Gasteiger partial charge >= 0.3 is 0 Å². The minimum Gasteiger partial charge on any atom is -0.349 e. The topological polar surface area (TPSA) is 71.4 Å². The Kier molecular flexibility index (Phi) is 4.64. The van der Waals surface area contributed by atoms with E-state index in [9.17, 15) is 14.4 Å². The molecule has 2 aromatic rings. The summed E-state index contributed by atoms with van der Waals surface area (Å²) in [5.74, 6) is -1.14. The number of nitrogens with one attached hydrogen (secondary N) is 1. The standard InChI is InChI=1S/C18H21N3O3/c1-2-19-18(24)17(23)14-11-21(15-8-4-3-7-13(14)15)12-16(22)20-9-5-6-10-20/h3-4,7-8,11H,2,5-6,9-10,12H2,1H3,(H,19,24). The Morgan fingerprint density at radius 3 is 2.54 bits per heavy atom. The van der Waals surface area contributed by atoms with Crippen molar-refractivity contribution in [3.05, 3.63) is 36.0 Å². The van der Waals surface area contributed by atoms with Gasteiger partial charge in [-0.1, -0.05) is 18.2 Å². The zero-order chi connectivity index (χ0) is 17.1. The molecule has 3 rings (SSSR count). The van der Waals surface area contributed by atoms with Gasteiger partial charge in [-0.3, -0.25) is 14.4 Å². The molecule has 1 saturated heterocycles. The van der Waals surface area contributed by atoms with E-state index < -0.39 is 11.7 Å². The highest BCUT2D eigenvalue weighted by molar-refractivity contribution is 6.45. The van der Waals surface area contributed by atoms with E-state index in [-0.39, 0.29) is 12.5 Å². The van der Waals surface area contributed by atoms with Crippen LogP contribution in [0.25, 0.3) is 10.9 Å². The summed E-state index contributed by atoms with van der Waals surface area (Å²) in [5, 5.41) is 3.23. The van der Waals surface area contributed by atoms with Crippen LogP contribution >= 0.6 is 0 Å². The van der Waals surface area contributed by atoms with E-state index in [2.05, 4.69) is 5.32 Å². The Morgan fingerprint density at radius 2 is 1.83 bits per heavy atom. The molecule has 1 aromatic carbocycles. The van der Waals surface area contributed by atoms with Crippen LogP contribution in [0.3, 0.4) is 0 Å². The van der Waals surface area contributed by atoms with Gasteiger partial charge in [0.2, 0.25) is 5.91 Å². The molecule has 1 aliphatic heterocycles. The van der Waals surface area contributed by atoms with Crippen LogP contribution in [0, 0.1) is 0 Å². The highest BCUT2D eigenvalue weighted by Gasteiger charge is 2.23. The number of fused-ring (bicyclic) bond motifs is 1. The Morgan fingerprint density at radius 1 is 1.12 bits per heavy atom. The predicted octanol–water partition coefficient (Wildman–Crippen LogP) is 1.58. The van der Waals surface area contributed by atoms with Crippen molar-refractivity contribution in [3.63, 3.8) is 0 Å². The minimum absolute atomic E-state index is 0.0465. The second-order valence-corrected chi connectivity index (χ2v) is 5.96. The summed E-state index contributed by atoms with van der Waals surface area (Å²) in [6, 6.07) is 7.35. The number of carbonyl (C=O) groups is 3. The minimum atomic E-state index is -0.619. The van der Waals surface area contributed by atoms with Crippen LogP contribution in [0.2, 0.25) is 0 Å². The largest absolute Gasteiger partial charge is 0.349 e. The molecule has 126 valence electrons. The maximum Gasteiger partial charge on any atom is 0.292 e. The average Bonchev–Trinajstić information content (AvgIpc) is 3.23. The van der Waals surface area contributed by atoms with E-state index in [1.165, 1.54) is 0 Å². The Hall–Kier alpha value is -2.63. The molecule has 1 aliphatic rings. The number of hydrogen-bond donors (Lipinski definition) is 1. The fraction of sp³-hybridized carbons (Fsp3) is 0.389. The summed E-state index contributed by atoms with van der Waals surface area (Å²) in [6.07, 6.45) is 3.70. The molecule has 0 radical (unpaired) electrons. The van der Waals surface area contributed by atoms with Crippen molar-refractivity contribution in [3.8, 4) is 0 Å². The van der Waals surface area contributed by atoms with Crippen LogP contribution in [0.4, 0.5) is 0 Å². The molecule has 6 nitrogen and oxygen atoms in total. The third-order valence-corrected chi connectivity index (χ3v) is 4.34. The summed E-state index contributed by atoms with van der Waals surface area (Å²) in [5.41, 5.74) is 1.13. The van der Waals surface area contributed by atoms with Crippen LogP contribution in [0.1, 0.15) is 30.1 Å². The second-order valence-electron chi connectivity index (χ2n) is 5.96. The predicted molar refractivity (Wildman–Crippen MR) is 90.8 cm³/mol. The van der Waals surface area contributed by atoms with Crippen LogP contribution in [0.5, 0.6) is 0 Å². The first kappa shape index (κ1) is 16.2. The van der Waals surface area contributed by atoms with Crippen molar-refractivity contribution in [2.45, 2.75) is 26.3 Å². The first-order valence-electron chi connectivity index (χ1n) is 8.30. The smallest absolute Gasteiger partial charge is 0.292 e. The molecule has 1 aromatic heterocycles. The highest BCUT2D eigenvalue weighted by atomic mass is 16.2. The quantitative estimate of drug-likeness (QED) is 0.669. The van der Waals surface area contributed by atoms with E-state index in [4.69, 9.17) is 0 Å². The molecule has 2 heterocycles. The number of ketones is 1. The number of benzene rings is 1. The monoisotopic (exact) mass is 327 g/mol. The molecule has 24 heavy (non-hydrogen) atoms. The third kappa shape index (κ3) is 3.04. The zero-order valence-corrected chi connectivity index (χ0v) is 13.7. The second kappa shape index (κ2) is 6.86. The van der Waals surface area contributed by atoms with Crippen LogP contribution in [-0.2, 0) is 16.1 Å². The summed E-state index contributed by atoms with van der Waals surface area (Å²) < 4.78 is 1.77. The zero-order valence-electron chi connectivity index (χ0n) is 13.7. The SMILES string of the molecule is CCNC(=O)C(=O)c1cn(CC(=O)N2CCCC2)c2ccccc12. The van der Waals surface area contributed by atoms with E-state index in [1.807, 2.05) is 23.1 Å². The normalized spacial score (nSPS) is 14.1. The number of nitrogens with zero attached hydrogens (tertiary/aromatic N) is 2. The number of Topliss-reactive ketones (excluding diaryl/α,β-unsaturated/α-hetero) is 1. The number of para-hydroxylation sites is 1. The van der Waals surface area contributed by atoms with Gasteiger partial charge in [-0.2, -0.15) is 0 Å². The summed E-state index contributed by atoms with van der Waals surface area (Å²) >= 11 is 0. The molecular weight excluding hydrogens is 306 g/mol. The van der Waals surface area contributed by atoms with Gasteiger partial charge < -0.3 is 14.8 Å². The van der Waals surface area contributed by atoms with E-state index in [0.717, 1.165) is 31.4 Å². The maximum atomic E-state index is 12.4. The number of carbonyl (C=O) groups excluding carboxylic acids is 3. The fourth-order valence-electron chi connectivity index (χ4n) is 3.13. The number of hydrogen-bond acceptors (Lipinski definition) is 3. The lowest BCUT2D eigenvalue weighted by Crippen LogP contribution is -2.31. The summed E-state index contributed by atoms with van der Waals surface area (Å²) in [6.45, 7) is 3.94. The van der Waals surface area contributed by atoms with Gasteiger partial charge in [-0.15, -0.1) is 0 Å². The Labute approximate surface area is 140 Å². The third-order valence-electron chi connectivity index (χ3n) is 4.34. The lowest BCUT2D eigenvalue weighted by Gasteiger charge is -2.15. The van der Waals surface area contributed by atoms with Crippen LogP contribution in [-0.4, -0.2) is 46.7 Å². The molecule has 0 aliphatic carbocycles. The molecule has 0 bridgehead atoms. The molecule has 6 heteroatoms.